The zero-order chi connectivity index (χ0) is 24.1. The summed E-state index contributed by atoms with van der Waals surface area (Å²) in [5.74, 6) is 2.50. The number of nitrogens with one attached hydrogen (secondary N) is 2. The fourth-order valence-corrected chi connectivity index (χ4v) is 3.77. The van der Waals surface area contributed by atoms with Crippen LogP contribution in [-0.2, 0) is 9.53 Å². The zero-order valence-electron chi connectivity index (χ0n) is 20.2. The van der Waals surface area contributed by atoms with Gasteiger partial charge in [0.25, 0.3) is 5.91 Å². The highest BCUT2D eigenvalue weighted by atomic mass is 16.5. The van der Waals surface area contributed by atoms with Gasteiger partial charge in [0.05, 0.1) is 24.8 Å². The number of fused-ring (bicyclic) bond motifs is 1. The molecule has 1 saturated heterocycles. The summed E-state index contributed by atoms with van der Waals surface area (Å²) >= 11 is 0. The molecule has 2 aromatic carbocycles. The summed E-state index contributed by atoms with van der Waals surface area (Å²) < 4.78 is 16.9. The number of hydrogen-bond donors (Lipinski definition) is 2. The van der Waals surface area contributed by atoms with Crippen LogP contribution in [0, 0.1) is 0 Å². The number of ether oxygens (including phenoxy) is 3. The van der Waals surface area contributed by atoms with Crippen molar-refractivity contribution >= 4 is 22.6 Å². The van der Waals surface area contributed by atoms with E-state index in [9.17, 15) is 4.79 Å². The molecule has 1 atom stereocenters. The van der Waals surface area contributed by atoms with E-state index in [2.05, 4.69) is 10.6 Å². The van der Waals surface area contributed by atoms with Crippen LogP contribution in [0.2, 0.25) is 0 Å². The Morgan fingerprint density at radius 2 is 1.94 bits per heavy atom. The molecule has 1 unspecified atom stereocenters. The van der Waals surface area contributed by atoms with Crippen LogP contribution in [0.1, 0.15) is 34.1 Å². The number of anilines is 1. The first-order chi connectivity index (χ1) is 16.3. The predicted octanol–water partition coefficient (Wildman–Crippen LogP) is 4.19. The number of carbonyl (C=O) groups excluding carboxylic acids is 1. The van der Waals surface area contributed by atoms with E-state index in [0.717, 1.165) is 41.1 Å². The van der Waals surface area contributed by atoms with Crippen molar-refractivity contribution in [1.82, 2.24) is 15.3 Å². The Hall–Kier alpha value is -3.39. The second-order valence-electron chi connectivity index (χ2n) is 9.33. The van der Waals surface area contributed by atoms with Crippen molar-refractivity contribution in [3.8, 4) is 22.9 Å². The number of nitrogens with zero attached hydrogens (tertiary/aromatic N) is 2. The summed E-state index contributed by atoms with van der Waals surface area (Å²) in [4.78, 5) is 21.8. The van der Waals surface area contributed by atoms with Crippen molar-refractivity contribution in [3.05, 3.63) is 42.5 Å². The molecule has 4 rings (SSSR count). The lowest BCUT2D eigenvalue weighted by molar-refractivity contribution is -0.124. The van der Waals surface area contributed by atoms with Crippen molar-refractivity contribution < 1.29 is 19.0 Å². The molecule has 1 aliphatic heterocycles. The van der Waals surface area contributed by atoms with Gasteiger partial charge in [-0.25, -0.2) is 9.97 Å². The van der Waals surface area contributed by atoms with E-state index in [1.807, 2.05) is 70.2 Å². The van der Waals surface area contributed by atoms with Gasteiger partial charge in [0.1, 0.15) is 17.3 Å². The summed E-state index contributed by atoms with van der Waals surface area (Å²) in [5.41, 5.74) is 1.30. The molecule has 2 N–H and O–H groups in total. The summed E-state index contributed by atoms with van der Waals surface area (Å²) in [6.45, 7) is 9.67. The van der Waals surface area contributed by atoms with Crippen molar-refractivity contribution in [2.75, 3.05) is 31.7 Å². The molecule has 1 aromatic heterocycles. The number of benzene rings is 2. The molecule has 8 heteroatoms. The van der Waals surface area contributed by atoms with E-state index in [4.69, 9.17) is 24.2 Å². The first-order valence-corrected chi connectivity index (χ1v) is 11.6. The number of carbonyl (C=O) groups is 1. The Labute approximate surface area is 200 Å². The molecule has 0 bridgehead atoms. The molecule has 180 valence electrons. The molecular weight excluding hydrogens is 432 g/mol. The highest BCUT2D eigenvalue weighted by Crippen LogP contribution is 2.30. The van der Waals surface area contributed by atoms with Crippen LogP contribution in [0.5, 0.6) is 11.5 Å². The monoisotopic (exact) mass is 464 g/mol. The molecule has 0 radical (unpaired) electrons. The van der Waals surface area contributed by atoms with Crippen LogP contribution in [0.25, 0.3) is 22.3 Å². The van der Waals surface area contributed by atoms with Crippen molar-refractivity contribution in [2.45, 2.75) is 45.7 Å². The molecule has 0 saturated carbocycles. The molecule has 34 heavy (non-hydrogen) atoms. The van der Waals surface area contributed by atoms with Crippen LogP contribution >= 0.6 is 0 Å². The molecule has 1 fully saturated rings. The van der Waals surface area contributed by atoms with Crippen molar-refractivity contribution in [2.24, 2.45) is 0 Å². The Morgan fingerprint density at radius 1 is 1.12 bits per heavy atom. The number of hydrogen-bond acceptors (Lipinski definition) is 7. The second-order valence-corrected chi connectivity index (χ2v) is 9.33. The number of amides is 1. The SMILES string of the molecule is CCOc1ccc2nc(-c3cccc(OCC(=O)NC(C)(C)C)c3)nc(NC3CCOC3)c2c1. The lowest BCUT2D eigenvalue weighted by Crippen LogP contribution is -2.43. The fourth-order valence-electron chi connectivity index (χ4n) is 3.77. The number of rotatable bonds is 8. The minimum atomic E-state index is -0.309. The molecule has 1 amide bonds. The lowest BCUT2D eigenvalue weighted by atomic mass is 10.1. The third kappa shape index (κ3) is 6.14. The standard InChI is InChI=1S/C26H32N4O4/c1-5-33-20-9-10-22-21(14-20)25(27-18-11-12-32-15-18)29-24(28-22)17-7-6-8-19(13-17)34-16-23(31)30-26(2,3)4/h6-10,13-14,18H,5,11-12,15-16H2,1-4H3,(H,30,31)(H,27,28,29). The third-order valence-electron chi connectivity index (χ3n) is 5.23. The van der Waals surface area contributed by atoms with Gasteiger partial charge in [0, 0.05) is 23.1 Å². The topological polar surface area (TPSA) is 94.6 Å². The maximum atomic E-state index is 12.1. The van der Waals surface area contributed by atoms with Gasteiger partial charge in [-0.05, 0) is 64.4 Å². The first-order valence-electron chi connectivity index (χ1n) is 11.6. The largest absolute Gasteiger partial charge is 0.494 e. The van der Waals surface area contributed by atoms with E-state index in [0.29, 0.717) is 24.8 Å². The Kier molecular flexibility index (Phi) is 7.17. The lowest BCUT2D eigenvalue weighted by Gasteiger charge is -2.20. The van der Waals surface area contributed by atoms with Gasteiger partial charge in [-0.2, -0.15) is 0 Å². The zero-order valence-corrected chi connectivity index (χ0v) is 20.2. The summed E-state index contributed by atoms with van der Waals surface area (Å²) in [6, 6.07) is 13.5. The van der Waals surface area contributed by atoms with E-state index in [-0.39, 0.29) is 24.1 Å². The minimum Gasteiger partial charge on any atom is -0.494 e. The summed E-state index contributed by atoms with van der Waals surface area (Å²) in [5, 5.41) is 7.31. The molecule has 3 aromatic rings. The van der Waals surface area contributed by atoms with Crippen LogP contribution in [-0.4, -0.2) is 53.9 Å². The average Bonchev–Trinajstić information content (AvgIpc) is 3.30. The smallest absolute Gasteiger partial charge is 0.258 e. The Morgan fingerprint density at radius 3 is 2.68 bits per heavy atom. The minimum absolute atomic E-state index is 0.0615. The fraction of sp³-hybridized carbons (Fsp3) is 0.423. The summed E-state index contributed by atoms with van der Waals surface area (Å²) in [7, 11) is 0. The van der Waals surface area contributed by atoms with Crippen LogP contribution in [0.4, 0.5) is 5.82 Å². The maximum absolute atomic E-state index is 12.1. The van der Waals surface area contributed by atoms with Gasteiger partial charge in [-0.1, -0.05) is 12.1 Å². The van der Waals surface area contributed by atoms with Crippen LogP contribution in [0.3, 0.4) is 0 Å². The third-order valence-corrected chi connectivity index (χ3v) is 5.23. The molecular formula is C26H32N4O4. The van der Waals surface area contributed by atoms with Crippen molar-refractivity contribution in [1.29, 1.82) is 0 Å². The van der Waals surface area contributed by atoms with Crippen LogP contribution in [0.15, 0.2) is 42.5 Å². The van der Waals surface area contributed by atoms with E-state index in [1.54, 1.807) is 0 Å². The van der Waals surface area contributed by atoms with Gasteiger partial charge in [-0.15, -0.1) is 0 Å². The highest BCUT2D eigenvalue weighted by molar-refractivity contribution is 5.92. The van der Waals surface area contributed by atoms with Gasteiger partial charge in [0.2, 0.25) is 0 Å². The normalized spacial score (nSPS) is 15.8. The van der Waals surface area contributed by atoms with E-state index >= 15 is 0 Å². The predicted molar refractivity (Wildman–Crippen MR) is 132 cm³/mol. The molecule has 0 aliphatic carbocycles. The van der Waals surface area contributed by atoms with Crippen LogP contribution < -0.4 is 20.1 Å². The van der Waals surface area contributed by atoms with Gasteiger partial charge < -0.3 is 24.8 Å². The molecule has 2 heterocycles. The molecule has 8 nitrogen and oxygen atoms in total. The highest BCUT2D eigenvalue weighted by Gasteiger charge is 2.19. The van der Waals surface area contributed by atoms with Crippen molar-refractivity contribution in [3.63, 3.8) is 0 Å². The average molecular weight is 465 g/mol. The Balaban J connectivity index is 1.62. The quantitative estimate of drug-likeness (QED) is 0.516. The van der Waals surface area contributed by atoms with Gasteiger partial charge in [-0.3, -0.25) is 4.79 Å². The first kappa shape index (κ1) is 23.8. The summed E-state index contributed by atoms with van der Waals surface area (Å²) in [6.07, 6.45) is 0.923. The van der Waals surface area contributed by atoms with E-state index in [1.165, 1.54) is 0 Å². The van der Waals surface area contributed by atoms with Gasteiger partial charge in [0.15, 0.2) is 12.4 Å². The molecule has 0 spiro atoms. The van der Waals surface area contributed by atoms with Gasteiger partial charge >= 0.3 is 0 Å². The number of aromatic nitrogens is 2. The van der Waals surface area contributed by atoms with E-state index < -0.39 is 0 Å². The Bertz CT molecular complexity index is 1150. The second kappa shape index (κ2) is 10.3. The maximum Gasteiger partial charge on any atom is 0.258 e. The molecule has 1 aliphatic rings.